The van der Waals surface area contributed by atoms with E-state index < -0.39 is 0 Å². The van der Waals surface area contributed by atoms with Gasteiger partial charge in [-0.15, -0.1) is 11.8 Å². The lowest BCUT2D eigenvalue weighted by Gasteiger charge is -2.12. The first-order chi connectivity index (χ1) is 13.6. The number of carbonyl (C=O) groups excluding carboxylic acids is 1. The van der Waals surface area contributed by atoms with Crippen molar-refractivity contribution in [1.82, 2.24) is 4.57 Å². The first kappa shape index (κ1) is 18.9. The number of carbonyl (C=O) groups is 1. The van der Waals surface area contributed by atoms with Crippen LogP contribution in [0.2, 0.25) is 5.02 Å². The molecule has 3 nitrogen and oxygen atoms in total. The number of anilines is 1. The number of fused-ring (bicyclic) bond motifs is 3. The molecule has 1 N–H and O–H groups in total. The standard InChI is InChI=1S/C23H21ClN2OS/c1-3-26-21-7-5-4-6-19(21)20-14-17(10-13-22(20)26)25-23(27)15(2)28-18-11-8-16(24)9-12-18/h4-15H,3H2,1-2H3,(H,25,27)/t15-/m0/s1. The molecule has 1 atom stereocenters. The third-order valence-corrected chi connectivity index (χ3v) is 6.22. The molecule has 0 fully saturated rings. The van der Waals surface area contributed by atoms with Gasteiger partial charge in [0.25, 0.3) is 0 Å². The van der Waals surface area contributed by atoms with Gasteiger partial charge in [0.15, 0.2) is 0 Å². The number of benzene rings is 3. The average molecular weight is 409 g/mol. The predicted octanol–water partition coefficient (Wildman–Crippen LogP) is 6.59. The summed E-state index contributed by atoms with van der Waals surface area (Å²) >= 11 is 7.45. The van der Waals surface area contributed by atoms with Crippen LogP contribution in [0.5, 0.6) is 0 Å². The second kappa shape index (κ2) is 7.90. The number of nitrogens with one attached hydrogen (secondary N) is 1. The topological polar surface area (TPSA) is 34.0 Å². The van der Waals surface area contributed by atoms with Crippen molar-refractivity contribution in [3.8, 4) is 0 Å². The van der Waals surface area contributed by atoms with Crippen molar-refractivity contribution in [2.45, 2.75) is 30.5 Å². The Balaban J connectivity index is 1.58. The molecule has 5 heteroatoms. The maximum Gasteiger partial charge on any atom is 0.237 e. The molecular formula is C23H21ClN2OS. The van der Waals surface area contributed by atoms with Crippen molar-refractivity contribution in [1.29, 1.82) is 0 Å². The minimum absolute atomic E-state index is 0.0153. The maximum atomic E-state index is 12.7. The van der Waals surface area contributed by atoms with Gasteiger partial charge in [-0.3, -0.25) is 4.79 Å². The van der Waals surface area contributed by atoms with E-state index in [1.54, 1.807) is 0 Å². The van der Waals surface area contributed by atoms with Gasteiger partial charge in [0.1, 0.15) is 0 Å². The highest BCUT2D eigenvalue weighted by Gasteiger charge is 2.16. The van der Waals surface area contributed by atoms with Gasteiger partial charge in [0.05, 0.1) is 5.25 Å². The molecule has 0 aliphatic heterocycles. The van der Waals surface area contributed by atoms with E-state index in [4.69, 9.17) is 11.6 Å². The van der Waals surface area contributed by atoms with Gasteiger partial charge in [-0.2, -0.15) is 0 Å². The van der Waals surface area contributed by atoms with Crippen molar-refractivity contribution in [3.05, 3.63) is 71.8 Å². The summed E-state index contributed by atoms with van der Waals surface area (Å²) in [6.07, 6.45) is 0. The fourth-order valence-electron chi connectivity index (χ4n) is 3.49. The molecule has 0 bridgehead atoms. The van der Waals surface area contributed by atoms with E-state index in [2.05, 4.69) is 53.2 Å². The van der Waals surface area contributed by atoms with Crippen molar-refractivity contribution < 1.29 is 4.79 Å². The van der Waals surface area contributed by atoms with Crippen LogP contribution in [0.4, 0.5) is 5.69 Å². The zero-order valence-corrected chi connectivity index (χ0v) is 17.3. The van der Waals surface area contributed by atoms with E-state index in [1.807, 2.05) is 37.3 Å². The molecule has 142 valence electrons. The summed E-state index contributed by atoms with van der Waals surface area (Å²) in [5.41, 5.74) is 3.22. The first-order valence-corrected chi connectivity index (χ1v) is 10.6. The largest absolute Gasteiger partial charge is 0.341 e. The second-order valence-corrected chi connectivity index (χ2v) is 8.55. The van der Waals surface area contributed by atoms with Crippen LogP contribution in [0, 0.1) is 0 Å². The van der Waals surface area contributed by atoms with Crippen LogP contribution < -0.4 is 5.32 Å². The minimum Gasteiger partial charge on any atom is -0.341 e. The van der Waals surface area contributed by atoms with Crippen LogP contribution >= 0.6 is 23.4 Å². The highest BCUT2D eigenvalue weighted by Crippen LogP contribution is 2.31. The number of aromatic nitrogens is 1. The van der Waals surface area contributed by atoms with Crippen LogP contribution in [0.25, 0.3) is 21.8 Å². The summed E-state index contributed by atoms with van der Waals surface area (Å²) in [6.45, 7) is 4.97. The van der Waals surface area contributed by atoms with Crippen LogP contribution in [0.15, 0.2) is 71.6 Å². The number of para-hydroxylation sites is 1. The van der Waals surface area contributed by atoms with Crippen molar-refractivity contribution in [2.24, 2.45) is 0 Å². The Kier molecular flexibility index (Phi) is 5.33. The zero-order chi connectivity index (χ0) is 19.7. The van der Waals surface area contributed by atoms with E-state index in [-0.39, 0.29) is 11.2 Å². The molecular weight excluding hydrogens is 388 g/mol. The van der Waals surface area contributed by atoms with Crippen LogP contribution in [-0.2, 0) is 11.3 Å². The lowest BCUT2D eigenvalue weighted by Crippen LogP contribution is -2.22. The molecule has 1 amide bonds. The molecule has 0 spiro atoms. The molecule has 3 aromatic carbocycles. The molecule has 1 heterocycles. The molecule has 0 aliphatic rings. The van der Waals surface area contributed by atoms with Gasteiger partial charge < -0.3 is 9.88 Å². The highest BCUT2D eigenvalue weighted by atomic mass is 35.5. The third-order valence-electron chi connectivity index (χ3n) is 4.85. The van der Waals surface area contributed by atoms with Gasteiger partial charge in [0.2, 0.25) is 5.91 Å². The number of hydrogen-bond acceptors (Lipinski definition) is 2. The Hall–Kier alpha value is -2.43. The Morgan fingerprint density at radius 1 is 1.04 bits per heavy atom. The third kappa shape index (κ3) is 3.62. The number of aryl methyl sites for hydroxylation is 1. The molecule has 0 unspecified atom stereocenters. The van der Waals surface area contributed by atoms with Crippen LogP contribution in [0.3, 0.4) is 0 Å². The monoisotopic (exact) mass is 408 g/mol. The van der Waals surface area contributed by atoms with Crippen LogP contribution in [-0.4, -0.2) is 15.7 Å². The quantitative estimate of drug-likeness (QED) is 0.378. The first-order valence-electron chi connectivity index (χ1n) is 9.31. The van der Waals surface area contributed by atoms with E-state index in [0.717, 1.165) is 22.5 Å². The van der Waals surface area contributed by atoms with E-state index in [1.165, 1.54) is 28.2 Å². The fourth-order valence-corrected chi connectivity index (χ4v) is 4.48. The summed E-state index contributed by atoms with van der Waals surface area (Å²) in [5, 5.41) is 5.91. The van der Waals surface area contributed by atoms with Gasteiger partial charge in [-0.25, -0.2) is 0 Å². The minimum atomic E-state index is -0.214. The smallest absolute Gasteiger partial charge is 0.237 e. The Labute approximate surface area is 173 Å². The maximum absolute atomic E-state index is 12.7. The molecule has 0 radical (unpaired) electrons. The molecule has 4 aromatic rings. The van der Waals surface area contributed by atoms with E-state index >= 15 is 0 Å². The van der Waals surface area contributed by atoms with Gasteiger partial charge in [0, 0.05) is 44.0 Å². The summed E-state index contributed by atoms with van der Waals surface area (Å²) in [5.74, 6) is -0.0153. The Morgan fingerprint density at radius 2 is 1.75 bits per heavy atom. The lowest BCUT2D eigenvalue weighted by atomic mass is 10.1. The molecule has 0 saturated carbocycles. The van der Waals surface area contributed by atoms with E-state index in [9.17, 15) is 4.79 Å². The summed E-state index contributed by atoms with van der Waals surface area (Å²) in [6, 6.07) is 22.1. The Bertz CT molecular complexity index is 1150. The number of nitrogens with zero attached hydrogens (tertiary/aromatic N) is 1. The summed E-state index contributed by atoms with van der Waals surface area (Å²) in [7, 11) is 0. The number of amides is 1. The van der Waals surface area contributed by atoms with Crippen molar-refractivity contribution >= 4 is 56.8 Å². The zero-order valence-electron chi connectivity index (χ0n) is 15.8. The highest BCUT2D eigenvalue weighted by molar-refractivity contribution is 8.00. The predicted molar refractivity (Wildman–Crippen MR) is 121 cm³/mol. The van der Waals surface area contributed by atoms with E-state index in [0.29, 0.717) is 5.02 Å². The normalized spacial score (nSPS) is 12.4. The van der Waals surface area contributed by atoms with Crippen LogP contribution in [0.1, 0.15) is 13.8 Å². The molecule has 0 saturated heterocycles. The van der Waals surface area contributed by atoms with Gasteiger partial charge in [-0.1, -0.05) is 29.8 Å². The SMILES string of the molecule is CCn1c2ccccc2c2cc(NC(=O)[C@H](C)Sc3ccc(Cl)cc3)ccc21. The van der Waals surface area contributed by atoms with Crippen molar-refractivity contribution in [3.63, 3.8) is 0 Å². The summed E-state index contributed by atoms with van der Waals surface area (Å²) in [4.78, 5) is 13.7. The van der Waals surface area contributed by atoms with Gasteiger partial charge in [-0.05, 0) is 62.4 Å². The number of thioether (sulfide) groups is 1. The number of rotatable bonds is 5. The lowest BCUT2D eigenvalue weighted by molar-refractivity contribution is -0.115. The second-order valence-electron chi connectivity index (χ2n) is 6.70. The number of halogens is 1. The fraction of sp³-hybridized carbons (Fsp3) is 0.174. The molecule has 0 aliphatic carbocycles. The summed E-state index contributed by atoms with van der Waals surface area (Å²) < 4.78 is 2.30. The molecule has 1 aromatic heterocycles. The van der Waals surface area contributed by atoms with Crippen molar-refractivity contribution in [2.75, 3.05) is 5.32 Å². The molecule has 28 heavy (non-hydrogen) atoms. The van der Waals surface area contributed by atoms with Gasteiger partial charge >= 0.3 is 0 Å². The average Bonchev–Trinajstić information content (AvgIpc) is 3.02. The number of hydrogen-bond donors (Lipinski definition) is 1. The Morgan fingerprint density at radius 3 is 2.50 bits per heavy atom. The molecule has 4 rings (SSSR count).